The highest BCUT2D eigenvalue weighted by molar-refractivity contribution is 7.18. The largest absolute Gasteiger partial charge is 0.494 e. The lowest BCUT2D eigenvalue weighted by molar-refractivity contribution is -0.917. The van der Waals surface area contributed by atoms with Gasteiger partial charge in [-0.3, -0.25) is 4.79 Å². The molecule has 1 saturated heterocycles. The third kappa shape index (κ3) is 4.95. The molecular formula is C23H28N3O2S+. The summed E-state index contributed by atoms with van der Waals surface area (Å²) < 4.78 is 6.93. The lowest BCUT2D eigenvalue weighted by atomic mass is 10.1. The van der Waals surface area contributed by atoms with Crippen LogP contribution in [-0.2, 0) is 6.54 Å². The molecule has 6 heteroatoms. The van der Waals surface area contributed by atoms with Gasteiger partial charge >= 0.3 is 0 Å². The molecule has 1 amide bonds. The maximum absolute atomic E-state index is 12.8. The van der Waals surface area contributed by atoms with E-state index in [1.54, 1.807) is 11.3 Å². The van der Waals surface area contributed by atoms with E-state index in [0.717, 1.165) is 69.0 Å². The van der Waals surface area contributed by atoms with Crippen molar-refractivity contribution >= 4 is 27.5 Å². The highest BCUT2D eigenvalue weighted by Gasteiger charge is 2.25. The second-order valence-electron chi connectivity index (χ2n) is 7.52. The molecule has 3 aromatic rings. The number of hydrogen-bond donors (Lipinski definition) is 1. The van der Waals surface area contributed by atoms with E-state index in [1.165, 1.54) is 14.6 Å². The summed E-state index contributed by atoms with van der Waals surface area (Å²) >= 11 is 1.78. The summed E-state index contributed by atoms with van der Waals surface area (Å²) in [5.41, 5.74) is 1.82. The van der Waals surface area contributed by atoms with E-state index in [9.17, 15) is 4.79 Å². The number of para-hydroxylation sites is 1. The average Bonchev–Trinajstić information content (AvgIpc) is 3.17. The number of thiazole rings is 1. The van der Waals surface area contributed by atoms with Gasteiger partial charge in [-0.1, -0.05) is 25.5 Å². The van der Waals surface area contributed by atoms with Crippen molar-refractivity contribution in [1.29, 1.82) is 0 Å². The van der Waals surface area contributed by atoms with Crippen molar-refractivity contribution in [3.63, 3.8) is 0 Å². The third-order valence-corrected chi connectivity index (χ3v) is 6.40. The summed E-state index contributed by atoms with van der Waals surface area (Å²) in [5.74, 6) is 0.948. The number of amides is 1. The van der Waals surface area contributed by atoms with E-state index in [4.69, 9.17) is 9.72 Å². The standard InChI is InChI=1S/C23H27N3O2S/c1-2-3-16-28-19-10-8-18(9-11-19)23(27)26-14-12-25(13-15-26)17-22-24-20-6-4-5-7-21(20)29-22/h4-11H,2-3,12-17H2,1H3/p+1. The highest BCUT2D eigenvalue weighted by atomic mass is 32.1. The number of piperazine rings is 1. The first-order valence-corrected chi connectivity index (χ1v) is 11.2. The Morgan fingerprint density at radius 3 is 2.62 bits per heavy atom. The van der Waals surface area contributed by atoms with E-state index in [-0.39, 0.29) is 5.91 Å². The molecule has 4 rings (SSSR count). The molecule has 0 spiro atoms. The van der Waals surface area contributed by atoms with Gasteiger partial charge in [-0.15, -0.1) is 11.3 Å². The molecule has 0 atom stereocenters. The zero-order valence-corrected chi connectivity index (χ0v) is 17.7. The quantitative estimate of drug-likeness (QED) is 0.609. The van der Waals surface area contributed by atoms with Crippen LogP contribution < -0.4 is 9.64 Å². The minimum atomic E-state index is 0.115. The Morgan fingerprint density at radius 2 is 1.90 bits per heavy atom. The fraction of sp³-hybridized carbons (Fsp3) is 0.391. The van der Waals surface area contributed by atoms with E-state index in [0.29, 0.717) is 0 Å². The molecule has 29 heavy (non-hydrogen) atoms. The second kappa shape index (κ2) is 9.37. The molecular weight excluding hydrogens is 382 g/mol. The van der Waals surface area contributed by atoms with Crippen molar-refractivity contribution in [1.82, 2.24) is 9.88 Å². The van der Waals surface area contributed by atoms with Gasteiger partial charge < -0.3 is 14.5 Å². The van der Waals surface area contributed by atoms with Crippen LogP contribution in [0.4, 0.5) is 0 Å². The number of fused-ring (bicyclic) bond motifs is 1. The third-order valence-electron chi connectivity index (χ3n) is 5.37. The first-order valence-electron chi connectivity index (χ1n) is 10.4. The van der Waals surface area contributed by atoms with Crippen LogP contribution >= 0.6 is 11.3 Å². The number of carbonyl (C=O) groups excluding carboxylic acids is 1. The topological polar surface area (TPSA) is 46.9 Å². The number of quaternary nitrogens is 1. The van der Waals surface area contributed by atoms with Gasteiger partial charge in [0.2, 0.25) is 0 Å². The summed E-state index contributed by atoms with van der Waals surface area (Å²) in [4.78, 5) is 21.0. The Kier molecular flexibility index (Phi) is 6.42. The molecule has 2 aromatic carbocycles. The van der Waals surface area contributed by atoms with Crippen LogP contribution in [0.2, 0.25) is 0 Å². The molecule has 1 N–H and O–H groups in total. The predicted octanol–water partition coefficient (Wildman–Crippen LogP) is 3.02. The molecule has 1 aliphatic rings. The van der Waals surface area contributed by atoms with Crippen LogP contribution in [0.25, 0.3) is 10.2 Å². The summed E-state index contributed by atoms with van der Waals surface area (Å²) in [5, 5.41) is 1.18. The molecule has 1 fully saturated rings. The Hall–Kier alpha value is -2.44. The van der Waals surface area contributed by atoms with Gasteiger partial charge in [0, 0.05) is 5.56 Å². The Bertz CT molecular complexity index is 913. The number of nitrogens with one attached hydrogen (secondary N) is 1. The van der Waals surface area contributed by atoms with Gasteiger partial charge in [0.25, 0.3) is 5.91 Å². The van der Waals surface area contributed by atoms with E-state index in [1.807, 2.05) is 35.2 Å². The number of unbranched alkanes of at least 4 members (excludes halogenated alkanes) is 1. The van der Waals surface area contributed by atoms with Gasteiger partial charge in [-0.05, 0) is 42.8 Å². The fourth-order valence-electron chi connectivity index (χ4n) is 3.62. The Balaban J connectivity index is 1.29. The molecule has 1 aliphatic heterocycles. The van der Waals surface area contributed by atoms with Crippen molar-refractivity contribution in [2.75, 3.05) is 32.8 Å². The first kappa shape index (κ1) is 19.9. The summed E-state index contributed by atoms with van der Waals surface area (Å²) in [6.45, 7) is 7.29. The van der Waals surface area contributed by atoms with Gasteiger partial charge in [-0.25, -0.2) is 4.98 Å². The van der Waals surface area contributed by atoms with Crippen LogP contribution in [-0.4, -0.2) is 48.6 Å². The molecule has 0 bridgehead atoms. The monoisotopic (exact) mass is 410 g/mol. The minimum absolute atomic E-state index is 0.115. The number of benzene rings is 2. The van der Waals surface area contributed by atoms with Crippen molar-refractivity contribution < 1.29 is 14.4 Å². The maximum Gasteiger partial charge on any atom is 0.254 e. The van der Waals surface area contributed by atoms with Crippen molar-refractivity contribution in [3.8, 4) is 5.75 Å². The van der Waals surface area contributed by atoms with Crippen LogP contribution in [0.15, 0.2) is 48.5 Å². The number of nitrogens with zero attached hydrogens (tertiary/aromatic N) is 2. The van der Waals surface area contributed by atoms with Gasteiger partial charge in [0.05, 0.1) is 43.0 Å². The minimum Gasteiger partial charge on any atom is -0.494 e. The summed E-state index contributed by atoms with van der Waals surface area (Å²) in [7, 11) is 0. The van der Waals surface area contributed by atoms with Crippen LogP contribution in [0.5, 0.6) is 5.75 Å². The van der Waals surface area contributed by atoms with Crippen LogP contribution in [0.1, 0.15) is 35.1 Å². The molecule has 5 nitrogen and oxygen atoms in total. The molecule has 0 aliphatic carbocycles. The van der Waals surface area contributed by atoms with E-state index in [2.05, 4.69) is 25.1 Å². The molecule has 0 radical (unpaired) electrons. The number of rotatable bonds is 7. The van der Waals surface area contributed by atoms with E-state index >= 15 is 0 Å². The summed E-state index contributed by atoms with van der Waals surface area (Å²) in [6, 6.07) is 15.9. The Morgan fingerprint density at radius 1 is 1.14 bits per heavy atom. The number of aromatic nitrogens is 1. The van der Waals surface area contributed by atoms with Crippen LogP contribution in [0.3, 0.4) is 0 Å². The average molecular weight is 411 g/mol. The van der Waals surface area contributed by atoms with Gasteiger partial charge in [-0.2, -0.15) is 0 Å². The normalized spacial score (nSPS) is 15.0. The van der Waals surface area contributed by atoms with E-state index < -0.39 is 0 Å². The first-order chi connectivity index (χ1) is 14.2. The van der Waals surface area contributed by atoms with Crippen molar-refractivity contribution in [2.24, 2.45) is 0 Å². The van der Waals surface area contributed by atoms with Crippen LogP contribution in [0, 0.1) is 0 Å². The van der Waals surface area contributed by atoms with Crippen molar-refractivity contribution in [2.45, 2.75) is 26.3 Å². The highest BCUT2D eigenvalue weighted by Crippen LogP contribution is 2.21. The SMILES string of the molecule is CCCCOc1ccc(C(=O)N2CC[NH+](Cc3nc4ccccc4s3)CC2)cc1. The maximum atomic E-state index is 12.8. The second-order valence-corrected chi connectivity index (χ2v) is 8.64. The van der Waals surface area contributed by atoms with Crippen molar-refractivity contribution in [3.05, 3.63) is 59.1 Å². The molecule has 152 valence electrons. The van der Waals surface area contributed by atoms with Gasteiger partial charge in [0.1, 0.15) is 17.3 Å². The zero-order chi connectivity index (χ0) is 20.1. The van der Waals surface area contributed by atoms with Gasteiger partial charge in [0.15, 0.2) is 0 Å². The predicted molar refractivity (Wildman–Crippen MR) is 117 cm³/mol. The fourth-order valence-corrected chi connectivity index (χ4v) is 4.66. The molecule has 2 heterocycles. The summed E-state index contributed by atoms with van der Waals surface area (Å²) in [6.07, 6.45) is 2.16. The molecule has 0 saturated carbocycles. The lowest BCUT2D eigenvalue weighted by Crippen LogP contribution is -3.13. The number of hydrogen-bond acceptors (Lipinski definition) is 4. The number of ether oxygens (including phenoxy) is 1. The molecule has 1 aromatic heterocycles. The zero-order valence-electron chi connectivity index (χ0n) is 16.9. The Labute approximate surface area is 175 Å². The lowest BCUT2D eigenvalue weighted by Gasteiger charge is -2.31. The number of carbonyl (C=O) groups is 1. The molecule has 0 unspecified atom stereocenters. The smallest absolute Gasteiger partial charge is 0.254 e.